The van der Waals surface area contributed by atoms with Crippen LogP contribution in [-0.4, -0.2) is 12.6 Å². The van der Waals surface area contributed by atoms with Gasteiger partial charge in [0.15, 0.2) is 0 Å². The van der Waals surface area contributed by atoms with Crippen LogP contribution in [0.3, 0.4) is 0 Å². The third kappa shape index (κ3) is 4.67. The minimum Gasteiger partial charge on any atom is -0.314 e. The molecule has 0 saturated heterocycles. The highest BCUT2D eigenvalue weighted by Gasteiger charge is 2.02. The number of hydrogen-bond donors (Lipinski definition) is 1. The van der Waals surface area contributed by atoms with Crippen molar-refractivity contribution in [2.24, 2.45) is 0 Å². The molecule has 0 fully saturated rings. The van der Waals surface area contributed by atoms with Crippen molar-refractivity contribution < 1.29 is 0 Å². The van der Waals surface area contributed by atoms with Crippen molar-refractivity contribution in [1.82, 2.24) is 5.32 Å². The van der Waals surface area contributed by atoms with Crippen LogP contribution in [0.5, 0.6) is 0 Å². The summed E-state index contributed by atoms with van der Waals surface area (Å²) in [6, 6.07) is 26.6. The molecular formula is C22H25N. The number of fused-ring (bicyclic) bond motifs is 1. The lowest BCUT2D eigenvalue weighted by Crippen LogP contribution is -2.29. The SMILES string of the molecule is C[C@H](Cc1ccccc1)NCCCc1ccc2ccccc2c1. The highest BCUT2D eigenvalue weighted by atomic mass is 14.9. The summed E-state index contributed by atoms with van der Waals surface area (Å²) in [5, 5.41) is 6.31. The summed E-state index contributed by atoms with van der Waals surface area (Å²) in [6.07, 6.45) is 3.41. The van der Waals surface area contributed by atoms with E-state index >= 15 is 0 Å². The quantitative estimate of drug-likeness (QED) is 0.606. The third-order valence-corrected chi connectivity index (χ3v) is 4.33. The molecule has 0 aromatic heterocycles. The first kappa shape index (κ1) is 15.8. The maximum absolute atomic E-state index is 3.64. The molecule has 1 nitrogen and oxygen atoms in total. The van der Waals surface area contributed by atoms with Gasteiger partial charge in [0, 0.05) is 6.04 Å². The minimum absolute atomic E-state index is 0.522. The molecule has 118 valence electrons. The first-order valence-electron chi connectivity index (χ1n) is 8.56. The summed E-state index contributed by atoms with van der Waals surface area (Å²) in [5.41, 5.74) is 2.84. The maximum Gasteiger partial charge on any atom is 0.00791 e. The third-order valence-electron chi connectivity index (χ3n) is 4.33. The van der Waals surface area contributed by atoms with E-state index in [0.29, 0.717) is 6.04 Å². The molecule has 0 aliphatic heterocycles. The Morgan fingerprint density at radius 3 is 2.35 bits per heavy atom. The Morgan fingerprint density at radius 2 is 1.52 bits per heavy atom. The summed E-state index contributed by atoms with van der Waals surface area (Å²) in [5.74, 6) is 0. The average molecular weight is 303 g/mol. The van der Waals surface area contributed by atoms with Crippen molar-refractivity contribution in [2.45, 2.75) is 32.2 Å². The zero-order chi connectivity index (χ0) is 15.9. The largest absolute Gasteiger partial charge is 0.314 e. The van der Waals surface area contributed by atoms with Gasteiger partial charge in [-0.05, 0) is 54.6 Å². The summed E-state index contributed by atoms with van der Waals surface area (Å²) in [7, 11) is 0. The predicted molar refractivity (Wildman–Crippen MR) is 99.9 cm³/mol. The normalized spacial score (nSPS) is 12.4. The molecule has 0 aliphatic rings. The van der Waals surface area contributed by atoms with Gasteiger partial charge in [0.2, 0.25) is 0 Å². The Kier molecular flexibility index (Phi) is 5.44. The second-order valence-electron chi connectivity index (χ2n) is 6.33. The Balaban J connectivity index is 1.43. The fraction of sp³-hybridized carbons (Fsp3) is 0.273. The van der Waals surface area contributed by atoms with Gasteiger partial charge in [-0.1, -0.05) is 72.8 Å². The smallest absolute Gasteiger partial charge is 0.00791 e. The lowest BCUT2D eigenvalue weighted by molar-refractivity contribution is 0.534. The number of hydrogen-bond acceptors (Lipinski definition) is 1. The molecular weight excluding hydrogens is 278 g/mol. The van der Waals surface area contributed by atoms with Crippen LogP contribution in [-0.2, 0) is 12.8 Å². The van der Waals surface area contributed by atoms with Gasteiger partial charge < -0.3 is 5.32 Å². The molecule has 1 N–H and O–H groups in total. The zero-order valence-electron chi connectivity index (χ0n) is 13.8. The second kappa shape index (κ2) is 7.94. The van der Waals surface area contributed by atoms with E-state index < -0.39 is 0 Å². The molecule has 0 unspecified atom stereocenters. The predicted octanol–water partition coefficient (Wildman–Crippen LogP) is 4.99. The summed E-state index contributed by atoms with van der Waals surface area (Å²) in [6.45, 7) is 3.34. The van der Waals surface area contributed by atoms with Crippen LogP contribution in [0, 0.1) is 0 Å². The van der Waals surface area contributed by atoms with E-state index in [9.17, 15) is 0 Å². The van der Waals surface area contributed by atoms with Crippen molar-refractivity contribution in [3.05, 3.63) is 83.9 Å². The van der Waals surface area contributed by atoms with Crippen LogP contribution >= 0.6 is 0 Å². The van der Waals surface area contributed by atoms with Gasteiger partial charge in [0.1, 0.15) is 0 Å². The van der Waals surface area contributed by atoms with E-state index in [0.717, 1.165) is 19.4 Å². The summed E-state index contributed by atoms with van der Waals surface area (Å²) in [4.78, 5) is 0. The van der Waals surface area contributed by atoms with E-state index in [2.05, 4.69) is 85.0 Å². The molecule has 3 aromatic carbocycles. The Bertz CT molecular complexity index is 733. The summed E-state index contributed by atoms with van der Waals surface area (Å²) >= 11 is 0. The molecule has 0 amide bonds. The molecule has 0 radical (unpaired) electrons. The second-order valence-corrected chi connectivity index (χ2v) is 6.33. The fourth-order valence-corrected chi connectivity index (χ4v) is 3.08. The highest BCUT2D eigenvalue weighted by molar-refractivity contribution is 5.82. The van der Waals surface area contributed by atoms with Crippen LogP contribution < -0.4 is 5.32 Å². The van der Waals surface area contributed by atoms with Gasteiger partial charge in [-0.2, -0.15) is 0 Å². The first-order chi connectivity index (χ1) is 11.3. The molecule has 1 atom stereocenters. The molecule has 23 heavy (non-hydrogen) atoms. The van der Waals surface area contributed by atoms with Crippen molar-refractivity contribution in [2.75, 3.05) is 6.54 Å². The molecule has 0 aliphatic carbocycles. The van der Waals surface area contributed by atoms with Crippen LogP contribution in [0.25, 0.3) is 10.8 Å². The molecule has 0 spiro atoms. The lowest BCUT2D eigenvalue weighted by atomic mass is 10.0. The minimum atomic E-state index is 0.522. The van der Waals surface area contributed by atoms with Gasteiger partial charge in [0.05, 0.1) is 0 Å². The van der Waals surface area contributed by atoms with Gasteiger partial charge >= 0.3 is 0 Å². The van der Waals surface area contributed by atoms with Gasteiger partial charge in [-0.3, -0.25) is 0 Å². The lowest BCUT2D eigenvalue weighted by Gasteiger charge is -2.14. The first-order valence-corrected chi connectivity index (χ1v) is 8.56. The van der Waals surface area contributed by atoms with Crippen LogP contribution in [0.1, 0.15) is 24.5 Å². The Hall–Kier alpha value is -2.12. The maximum atomic E-state index is 3.64. The standard InChI is InChI=1S/C22H25N/c1-18(16-19-8-3-2-4-9-19)23-15-7-10-20-13-14-21-11-5-6-12-22(21)17-20/h2-6,8-9,11-14,17-18,23H,7,10,15-16H2,1H3/t18-/m1/s1. The average Bonchev–Trinajstić information content (AvgIpc) is 2.59. The van der Waals surface area contributed by atoms with Crippen LogP contribution in [0.15, 0.2) is 72.8 Å². The number of aryl methyl sites for hydroxylation is 1. The van der Waals surface area contributed by atoms with E-state index in [1.165, 1.54) is 28.3 Å². The Morgan fingerprint density at radius 1 is 0.783 bits per heavy atom. The Labute approximate surface area is 139 Å². The highest BCUT2D eigenvalue weighted by Crippen LogP contribution is 2.16. The molecule has 0 bridgehead atoms. The van der Waals surface area contributed by atoms with E-state index in [-0.39, 0.29) is 0 Å². The van der Waals surface area contributed by atoms with E-state index in [4.69, 9.17) is 0 Å². The number of nitrogens with one attached hydrogen (secondary N) is 1. The summed E-state index contributed by atoms with van der Waals surface area (Å²) < 4.78 is 0. The van der Waals surface area contributed by atoms with Crippen molar-refractivity contribution in [3.63, 3.8) is 0 Å². The number of rotatable bonds is 7. The number of benzene rings is 3. The van der Waals surface area contributed by atoms with Gasteiger partial charge in [-0.15, -0.1) is 0 Å². The van der Waals surface area contributed by atoms with Crippen molar-refractivity contribution in [1.29, 1.82) is 0 Å². The zero-order valence-corrected chi connectivity index (χ0v) is 13.8. The fourth-order valence-electron chi connectivity index (χ4n) is 3.08. The van der Waals surface area contributed by atoms with E-state index in [1.54, 1.807) is 0 Å². The van der Waals surface area contributed by atoms with Gasteiger partial charge in [0.25, 0.3) is 0 Å². The molecule has 3 aromatic rings. The van der Waals surface area contributed by atoms with Gasteiger partial charge in [-0.25, -0.2) is 0 Å². The van der Waals surface area contributed by atoms with Crippen molar-refractivity contribution >= 4 is 10.8 Å². The van der Waals surface area contributed by atoms with Crippen LogP contribution in [0.2, 0.25) is 0 Å². The molecule has 0 heterocycles. The van der Waals surface area contributed by atoms with E-state index in [1.807, 2.05) is 0 Å². The molecule has 0 saturated carbocycles. The molecule has 1 heteroatoms. The van der Waals surface area contributed by atoms with Crippen LogP contribution in [0.4, 0.5) is 0 Å². The monoisotopic (exact) mass is 303 g/mol. The molecule has 3 rings (SSSR count). The van der Waals surface area contributed by atoms with Crippen molar-refractivity contribution in [3.8, 4) is 0 Å². The topological polar surface area (TPSA) is 12.0 Å².